The Kier molecular flexibility index (Phi) is 4.78. The van der Waals surface area contributed by atoms with Gasteiger partial charge >= 0.3 is 0 Å². The molecule has 2 rings (SSSR count). The van der Waals surface area contributed by atoms with Crippen molar-refractivity contribution in [2.45, 2.75) is 12.3 Å². The van der Waals surface area contributed by atoms with Crippen molar-refractivity contribution in [1.82, 2.24) is 0 Å². The molecule has 0 fully saturated rings. The monoisotopic (exact) mass is 300 g/mol. The van der Waals surface area contributed by atoms with Gasteiger partial charge in [-0.05, 0) is 35.7 Å². The van der Waals surface area contributed by atoms with Crippen LogP contribution in [0.4, 0.5) is 8.78 Å². The SMILES string of the molecule is Fc1cccc(C(CCl)Cc2cccc(F)c2Cl)c1. The molecular weight excluding hydrogens is 289 g/mol. The summed E-state index contributed by atoms with van der Waals surface area (Å²) >= 11 is 11.9. The Morgan fingerprint density at radius 2 is 1.79 bits per heavy atom. The van der Waals surface area contributed by atoms with E-state index in [1.807, 2.05) is 6.07 Å². The molecule has 0 saturated carbocycles. The molecule has 0 amide bonds. The Hall–Kier alpha value is -1.12. The fourth-order valence-corrected chi connectivity index (χ4v) is 2.48. The molecule has 0 aromatic heterocycles. The lowest BCUT2D eigenvalue weighted by atomic mass is 9.93. The van der Waals surface area contributed by atoms with Crippen molar-refractivity contribution in [3.05, 3.63) is 70.2 Å². The van der Waals surface area contributed by atoms with Crippen LogP contribution in [0.1, 0.15) is 17.0 Å². The zero-order valence-corrected chi connectivity index (χ0v) is 11.6. The molecule has 4 heteroatoms. The molecule has 0 nitrogen and oxygen atoms in total. The van der Waals surface area contributed by atoms with Crippen LogP contribution in [-0.4, -0.2) is 5.88 Å². The second-order valence-electron chi connectivity index (χ2n) is 4.32. The van der Waals surface area contributed by atoms with Crippen LogP contribution < -0.4 is 0 Å². The predicted octanol–water partition coefficient (Wildman–Crippen LogP) is 5.18. The van der Waals surface area contributed by atoms with Crippen LogP contribution in [-0.2, 0) is 6.42 Å². The minimum atomic E-state index is -0.452. The van der Waals surface area contributed by atoms with Crippen LogP contribution in [0.2, 0.25) is 5.02 Å². The number of benzene rings is 2. The number of hydrogen-bond acceptors (Lipinski definition) is 0. The van der Waals surface area contributed by atoms with Crippen molar-refractivity contribution in [2.75, 3.05) is 5.88 Å². The highest BCUT2D eigenvalue weighted by molar-refractivity contribution is 6.31. The van der Waals surface area contributed by atoms with Gasteiger partial charge in [-0.2, -0.15) is 0 Å². The smallest absolute Gasteiger partial charge is 0.142 e. The Morgan fingerprint density at radius 1 is 1.05 bits per heavy atom. The average Bonchev–Trinajstić information content (AvgIpc) is 2.40. The van der Waals surface area contributed by atoms with Gasteiger partial charge in [0.2, 0.25) is 0 Å². The van der Waals surface area contributed by atoms with Gasteiger partial charge < -0.3 is 0 Å². The van der Waals surface area contributed by atoms with Gasteiger partial charge in [0.05, 0.1) is 5.02 Å². The molecule has 1 unspecified atom stereocenters. The minimum Gasteiger partial charge on any atom is -0.207 e. The summed E-state index contributed by atoms with van der Waals surface area (Å²) in [6.07, 6.45) is 0.476. The van der Waals surface area contributed by atoms with Gasteiger partial charge in [-0.3, -0.25) is 0 Å². The summed E-state index contributed by atoms with van der Waals surface area (Å²) in [6, 6.07) is 10.9. The van der Waals surface area contributed by atoms with E-state index >= 15 is 0 Å². The lowest BCUT2D eigenvalue weighted by Crippen LogP contribution is -2.06. The van der Waals surface area contributed by atoms with Gasteiger partial charge in [0.1, 0.15) is 11.6 Å². The summed E-state index contributed by atoms with van der Waals surface area (Å²) in [4.78, 5) is 0. The fourth-order valence-electron chi connectivity index (χ4n) is 1.99. The minimum absolute atomic E-state index is 0.100. The van der Waals surface area contributed by atoms with Crippen molar-refractivity contribution in [3.63, 3.8) is 0 Å². The molecule has 0 spiro atoms. The Bertz CT molecular complexity index is 570. The van der Waals surface area contributed by atoms with Crippen LogP contribution in [0.3, 0.4) is 0 Å². The highest BCUT2D eigenvalue weighted by Gasteiger charge is 2.15. The van der Waals surface area contributed by atoms with E-state index in [1.54, 1.807) is 18.2 Å². The van der Waals surface area contributed by atoms with Gasteiger partial charge in [-0.15, -0.1) is 11.6 Å². The normalized spacial score (nSPS) is 12.4. The maximum Gasteiger partial charge on any atom is 0.142 e. The van der Waals surface area contributed by atoms with Crippen molar-refractivity contribution < 1.29 is 8.78 Å². The van der Waals surface area contributed by atoms with Gasteiger partial charge in [-0.25, -0.2) is 8.78 Å². The second-order valence-corrected chi connectivity index (χ2v) is 5.01. The van der Waals surface area contributed by atoms with E-state index in [-0.39, 0.29) is 16.8 Å². The topological polar surface area (TPSA) is 0 Å². The molecular formula is C15H12Cl2F2. The summed E-state index contributed by atoms with van der Waals surface area (Å²) < 4.78 is 26.6. The first-order chi connectivity index (χ1) is 9.11. The largest absolute Gasteiger partial charge is 0.207 e. The maximum atomic E-state index is 13.4. The van der Waals surface area contributed by atoms with Crippen LogP contribution in [0.25, 0.3) is 0 Å². The summed E-state index contributed by atoms with van der Waals surface area (Å²) in [7, 11) is 0. The highest BCUT2D eigenvalue weighted by atomic mass is 35.5. The molecule has 0 heterocycles. The number of alkyl halides is 1. The van der Waals surface area contributed by atoms with Crippen molar-refractivity contribution in [1.29, 1.82) is 0 Å². The first-order valence-electron chi connectivity index (χ1n) is 5.86. The van der Waals surface area contributed by atoms with Crippen molar-refractivity contribution >= 4 is 23.2 Å². The molecule has 0 aliphatic carbocycles. The van der Waals surface area contributed by atoms with Gasteiger partial charge in [0.25, 0.3) is 0 Å². The summed E-state index contributed by atoms with van der Waals surface area (Å²) in [5.74, 6) is -0.544. The Morgan fingerprint density at radius 3 is 2.47 bits per heavy atom. The number of halogens is 4. The molecule has 2 aromatic rings. The first kappa shape index (κ1) is 14.3. The van der Waals surface area contributed by atoms with Gasteiger partial charge in [0, 0.05) is 11.8 Å². The average molecular weight is 301 g/mol. The molecule has 0 aliphatic rings. The summed E-state index contributed by atoms with van der Waals surface area (Å²) in [5, 5.41) is 0.106. The Balaban J connectivity index is 2.26. The zero-order valence-electron chi connectivity index (χ0n) is 10.0. The third-order valence-electron chi connectivity index (χ3n) is 3.00. The first-order valence-corrected chi connectivity index (χ1v) is 6.77. The standard InChI is InChI=1S/C15H12Cl2F2/c16-9-12(10-3-1-5-13(18)8-10)7-11-4-2-6-14(19)15(11)17/h1-6,8,12H,7,9H2. The number of rotatable bonds is 4. The maximum absolute atomic E-state index is 13.4. The molecule has 2 aromatic carbocycles. The lowest BCUT2D eigenvalue weighted by Gasteiger charge is -2.15. The molecule has 0 aliphatic heterocycles. The van der Waals surface area contributed by atoms with Gasteiger partial charge in [0.15, 0.2) is 0 Å². The van der Waals surface area contributed by atoms with Crippen LogP contribution >= 0.6 is 23.2 Å². The zero-order chi connectivity index (χ0) is 13.8. The molecule has 0 bridgehead atoms. The highest BCUT2D eigenvalue weighted by Crippen LogP contribution is 2.28. The van der Waals surface area contributed by atoms with E-state index < -0.39 is 5.82 Å². The lowest BCUT2D eigenvalue weighted by molar-refractivity contribution is 0.617. The van der Waals surface area contributed by atoms with E-state index in [1.165, 1.54) is 18.2 Å². The van der Waals surface area contributed by atoms with E-state index in [4.69, 9.17) is 23.2 Å². The van der Waals surface area contributed by atoms with E-state index in [0.717, 1.165) is 5.56 Å². The van der Waals surface area contributed by atoms with Crippen LogP contribution in [0.15, 0.2) is 42.5 Å². The summed E-state index contributed by atoms with van der Waals surface area (Å²) in [6.45, 7) is 0. The molecule has 1 atom stereocenters. The molecule has 100 valence electrons. The Labute approximate surface area is 121 Å². The van der Waals surface area contributed by atoms with Crippen LogP contribution in [0.5, 0.6) is 0 Å². The third kappa shape index (κ3) is 3.46. The third-order valence-corrected chi connectivity index (χ3v) is 3.80. The summed E-state index contributed by atoms with van der Waals surface area (Å²) in [5.41, 5.74) is 1.46. The van der Waals surface area contributed by atoms with E-state index in [9.17, 15) is 8.78 Å². The van der Waals surface area contributed by atoms with Crippen LogP contribution in [0, 0.1) is 11.6 Å². The predicted molar refractivity (Wildman–Crippen MR) is 75.0 cm³/mol. The molecule has 0 saturated heterocycles. The van der Waals surface area contributed by atoms with E-state index in [0.29, 0.717) is 17.9 Å². The van der Waals surface area contributed by atoms with Crippen molar-refractivity contribution in [3.8, 4) is 0 Å². The van der Waals surface area contributed by atoms with Crippen molar-refractivity contribution in [2.24, 2.45) is 0 Å². The fraction of sp³-hybridized carbons (Fsp3) is 0.200. The number of hydrogen-bond donors (Lipinski definition) is 0. The molecule has 0 N–H and O–H groups in total. The quantitative estimate of drug-likeness (QED) is 0.682. The second kappa shape index (κ2) is 6.36. The molecule has 19 heavy (non-hydrogen) atoms. The van der Waals surface area contributed by atoms with E-state index in [2.05, 4.69) is 0 Å². The van der Waals surface area contributed by atoms with Gasteiger partial charge in [-0.1, -0.05) is 35.9 Å². The molecule has 0 radical (unpaired) electrons.